The average molecular weight is 300 g/mol. The molecule has 0 saturated carbocycles. The Bertz CT molecular complexity index is 487. The predicted octanol–water partition coefficient (Wildman–Crippen LogP) is 2.60. The molecule has 1 fully saturated rings. The molecule has 5 nitrogen and oxygen atoms in total. The molecule has 0 radical (unpaired) electrons. The summed E-state index contributed by atoms with van der Waals surface area (Å²) in [5.41, 5.74) is 1.87. The molecule has 1 aliphatic heterocycles. The summed E-state index contributed by atoms with van der Waals surface area (Å²) in [6.45, 7) is 3.66. The van der Waals surface area contributed by atoms with E-state index in [0.29, 0.717) is 12.5 Å². The molecular weight excluding hydrogens is 278 g/mol. The van der Waals surface area contributed by atoms with Crippen molar-refractivity contribution in [2.24, 2.45) is 7.05 Å². The number of halogens is 1. The van der Waals surface area contributed by atoms with Gasteiger partial charge in [0.25, 0.3) is 0 Å². The summed E-state index contributed by atoms with van der Waals surface area (Å²) in [5, 5.41) is 13.9. The van der Waals surface area contributed by atoms with Gasteiger partial charge in [0, 0.05) is 26.1 Å². The van der Waals surface area contributed by atoms with Crippen LogP contribution in [0.5, 0.6) is 0 Å². The molecule has 20 heavy (non-hydrogen) atoms. The maximum Gasteiger partial charge on any atom is 0.303 e. The van der Waals surface area contributed by atoms with Gasteiger partial charge in [-0.1, -0.05) is 18.0 Å². The van der Waals surface area contributed by atoms with E-state index in [1.54, 1.807) is 0 Å². The lowest BCUT2D eigenvalue weighted by Crippen LogP contribution is -2.39. The number of hydrogen-bond acceptors (Lipinski definition) is 3. The van der Waals surface area contributed by atoms with Crippen molar-refractivity contribution in [3.05, 3.63) is 16.4 Å². The number of rotatable bonds is 5. The van der Waals surface area contributed by atoms with Crippen LogP contribution in [0, 0.1) is 6.92 Å². The van der Waals surface area contributed by atoms with E-state index in [4.69, 9.17) is 16.7 Å². The molecule has 2 heterocycles. The fourth-order valence-corrected chi connectivity index (χ4v) is 3.15. The summed E-state index contributed by atoms with van der Waals surface area (Å²) in [4.78, 5) is 13.1. The highest BCUT2D eigenvalue weighted by molar-refractivity contribution is 6.31. The normalized spacial score (nSPS) is 20.2. The number of aliphatic carboxylic acids is 1. The van der Waals surface area contributed by atoms with Crippen LogP contribution in [0.25, 0.3) is 0 Å². The number of carboxylic acid groups (broad SMARTS) is 1. The van der Waals surface area contributed by atoms with Gasteiger partial charge in [-0.15, -0.1) is 0 Å². The number of nitrogens with zero attached hydrogens (tertiary/aromatic N) is 3. The molecule has 0 spiro atoms. The van der Waals surface area contributed by atoms with Crippen molar-refractivity contribution in [1.82, 2.24) is 14.7 Å². The van der Waals surface area contributed by atoms with Gasteiger partial charge in [-0.3, -0.25) is 14.4 Å². The number of carboxylic acids is 1. The lowest BCUT2D eigenvalue weighted by atomic mass is 9.97. The Hall–Kier alpha value is -1.07. The van der Waals surface area contributed by atoms with Crippen molar-refractivity contribution in [2.45, 2.75) is 51.6 Å². The highest BCUT2D eigenvalue weighted by Crippen LogP contribution is 2.26. The minimum Gasteiger partial charge on any atom is -0.481 e. The molecule has 0 amide bonds. The Morgan fingerprint density at radius 3 is 2.85 bits per heavy atom. The molecule has 1 atom stereocenters. The number of likely N-dealkylation sites (tertiary alicyclic amines) is 1. The van der Waals surface area contributed by atoms with Crippen molar-refractivity contribution >= 4 is 17.6 Å². The third kappa shape index (κ3) is 3.52. The van der Waals surface area contributed by atoms with Gasteiger partial charge in [0.05, 0.1) is 16.4 Å². The minimum absolute atomic E-state index is 0.235. The third-order valence-corrected chi connectivity index (χ3v) is 4.55. The maximum absolute atomic E-state index is 10.8. The van der Waals surface area contributed by atoms with Crippen molar-refractivity contribution in [3.8, 4) is 0 Å². The van der Waals surface area contributed by atoms with Crippen molar-refractivity contribution in [3.63, 3.8) is 0 Å². The molecular formula is C14H22ClN3O2. The van der Waals surface area contributed by atoms with E-state index >= 15 is 0 Å². The predicted molar refractivity (Wildman–Crippen MR) is 77.9 cm³/mol. The lowest BCUT2D eigenvalue weighted by molar-refractivity contribution is -0.137. The van der Waals surface area contributed by atoms with Crippen molar-refractivity contribution < 1.29 is 9.90 Å². The molecule has 1 aromatic rings. The van der Waals surface area contributed by atoms with Crippen LogP contribution in [-0.2, 0) is 18.4 Å². The van der Waals surface area contributed by atoms with Crippen LogP contribution >= 0.6 is 11.6 Å². The van der Waals surface area contributed by atoms with E-state index < -0.39 is 5.97 Å². The van der Waals surface area contributed by atoms with E-state index in [2.05, 4.69) is 10.00 Å². The van der Waals surface area contributed by atoms with Gasteiger partial charge in [-0.05, 0) is 32.7 Å². The van der Waals surface area contributed by atoms with Crippen LogP contribution < -0.4 is 0 Å². The smallest absolute Gasteiger partial charge is 0.303 e. The van der Waals surface area contributed by atoms with Crippen molar-refractivity contribution in [2.75, 3.05) is 6.54 Å². The fraction of sp³-hybridized carbons (Fsp3) is 0.714. The Morgan fingerprint density at radius 2 is 2.25 bits per heavy atom. The highest BCUT2D eigenvalue weighted by atomic mass is 35.5. The van der Waals surface area contributed by atoms with Crippen LogP contribution in [0.2, 0.25) is 5.02 Å². The maximum atomic E-state index is 10.8. The Kier molecular flexibility index (Phi) is 5.05. The molecule has 1 aliphatic rings. The van der Waals surface area contributed by atoms with Gasteiger partial charge in [-0.25, -0.2) is 0 Å². The second-order valence-corrected chi connectivity index (χ2v) is 5.90. The van der Waals surface area contributed by atoms with E-state index in [0.717, 1.165) is 42.3 Å². The summed E-state index contributed by atoms with van der Waals surface area (Å²) >= 11 is 6.30. The van der Waals surface area contributed by atoms with Crippen LogP contribution in [-0.4, -0.2) is 38.3 Å². The molecule has 1 N–H and O–H groups in total. The second kappa shape index (κ2) is 6.59. The monoisotopic (exact) mass is 299 g/mol. The highest BCUT2D eigenvalue weighted by Gasteiger charge is 2.25. The summed E-state index contributed by atoms with van der Waals surface area (Å²) in [7, 11) is 1.91. The van der Waals surface area contributed by atoms with E-state index in [1.165, 1.54) is 6.42 Å². The molecule has 0 aromatic carbocycles. The first kappa shape index (κ1) is 15.3. The molecule has 0 bridgehead atoms. The van der Waals surface area contributed by atoms with Gasteiger partial charge in [0.1, 0.15) is 0 Å². The minimum atomic E-state index is -0.718. The van der Waals surface area contributed by atoms with Gasteiger partial charge in [0.2, 0.25) is 0 Å². The van der Waals surface area contributed by atoms with Gasteiger partial charge >= 0.3 is 5.97 Å². The largest absolute Gasteiger partial charge is 0.481 e. The third-order valence-electron chi connectivity index (χ3n) is 4.05. The number of piperidine rings is 1. The van der Waals surface area contributed by atoms with Crippen LogP contribution in [0.1, 0.15) is 43.5 Å². The quantitative estimate of drug-likeness (QED) is 0.908. The van der Waals surface area contributed by atoms with Crippen LogP contribution in [0.3, 0.4) is 0 Å². The summed E-state index contributed by atoms with van der Waals surface area (Å²) in [6.07, 6.45) is 4.36. The Balaban J connectivity index is 2.06. The first-order chi connectivity index (χ1) is 9.49. The SMILES string of the molecule is Cc1nn(C)c(CN2CCCCC2CCC(=O)O)c1Cl. The molecule has 1 saturated heterocycles. The van der Waals surface area contributed by atoms with Gasteiger partial charge < -0.3 is 5.11 Å². The number of hydrogen-bond donors (Lipinski definition) is 1. The summed E-state index contributed by atoms with van der Waals surface area (Å²) in [6, 6.07) is 0.339. The number of aromatic nitrogens is 2. The second-order valence-electron chi connectivity index (χ2n) is 5.52. The average Bonchev–Trinajstić information content (AvgIpc) is 2.64. The molecule has 2 rings (SSSR count). The van der Waals surface area contributed by atoms with Gasteiger partial charge in [0.15, 0.2) is 0 Å². The molecule has 1 unspecified atom stereocenters. The standard InChI is InChI=1S/C14H22ClN3O2/c1-10-14(15)12(17(2)16-10)9-18-8-4-3-5-11(18)6-7-13(19)20/h11H,3-9H2,1-2H3,(H,19,20). The number of aryl methyl sites for hydroxylation is 2. The first-order valence-electron chi connectivity index (χ1n) is 7.13. The topological polar surface area (TPSA) is 58.4 Å². The van der Waals surface area contributed by atoms with Crippen LogP contribution in [0.15, 0.2) is 0 Å². The molecule has 0 aliphatic carbocycles. The Labute approximate surface area is 124 Å². The van der Waals surface area contributed by atoms with Crippen LogP contribution in [0.4, 0.5) is 0 Å². The molecule has 1 aromatic heterocycles. The Morgan fingerprint density at radius 1 is 1.50 bits per heavy atom. The van der Waals surface area contributed by atoms with E-state index in [1.807, 2.05) is 18.7 Å². The fourth-order valence-electron chi connectivity index (χ4n) is 2.93. The number of carbonyl (C=O) groups is 1. The van der Waals surface area contributed by atoms with E-state index in [-0.39, 0.29) is 6.42 Å². The van der Waals surface area contributed by atoms with Crippen molar-refractivity contribution in [1.29, 1.82) is 0 Å². The molecule has 6 heteroatoms. The zero-order valence-corrected chi connectivity index (χ0v) is 12.9. The summed E-state index contributed by atoms with van der Waals surface area (Å²) in [5.74, 6) is -0.718. The lowest BCUT2D eigenvalue weighted by Gasteiger charge is -2.35. The summed E-state index contributed by atoms with van der Waals surface area (Å²) < 4.78 is 1.83. The zero-order valence-electron chi connectivity index (χ0n) is 12.1. The van der Waals surface area contributed by atoms with E-state index in [9.17, 15) is 4.79 Å². The first-order valence-corrected chi connectivity index (χ1v) is 7.50. The zero-order chi connectivity index (χ0) is 14.7. The molecule has 112 valence electrons. The van der Waals surface area contributed by atoms with Gasteiger partial charge in [-0.2, -0.15) is 5.10 Å².